The second-order valence-corrected chi connectivity index (χ2v) is 2.18. The minimum Gasteiger partial charge on any atom is -0.468 e. The van der Waals surface area contributed by atoms with E-state index >= 15 is 0 Å². The average molecular weight is 156 g/mol. The van der Waals surface area contributed by atoms with Gasteiger partial charge in [0.2, 0.25) is 0 Å². The Balaban J connectivity index is 3.45. The van der Waals surface area contributed by atoms with Gasteiger partial charge in [-0.2, -0.15) is 5.26 Å². The van der Waals surface area contributed by atoms with Crippen molar-refractivity contribution in [2.45, 2.75) is 25.3 Å². The number of carbonyl (C=O) groups excluding carboxylic acids is 1. The van der Waals surface area contributed by atoms with Gasteiger partial charge in [-0.25, -0.2) is 0 Å². The fourth-order valence-electron chi connectivity index (χ4n) is 0.670. The lowest BCUT2D eigenvalue weighted by Gasteiger charge is -2.06. The van der Waals surface area contributed by atoms with Gasteiger partial charge in [0.1, 0.15) is 6.04 Å². The van der Waals surface area contributed by atoms with E-state index in [0.29, 0.717) is 19.3 Å². The lowest BCUT2D eigenvalue weighted by atomic mass is 10.1. The van der Waals surface area contributed by atoms with Gasteiger partial charge in [0.15, 0.2) is 0 Å². The largest absolute Gasteiger partial charge is 0.468 e. The van der Waals surface area contributed by atoms with Gasteiger partial charge < -0.3 is 10.5 Å². The van der Waals surface area contributed by atoms with Crippen LogP contribution in [0.3, 0.4) is 0 Å². The summed E-state index contributed by atoms with van der Waals surface area (Å²) in [4.78, 5) is 10.7. The maximum Gasteiger partial charge on any atom is 0.322 e. The molecule has 0 spiro atoms. The maximum atomic E-state index is 10.7. The highest BCUT2D eigenvalue weighted by molar-refractivity contribution is 5.75. The van der Waals surface area contributed by atoms with Crippen molar-refractivity contribution in [3.8, 4) is 6.07 Å². The molecular formula is C7H12N2O2. The summed E-state index contributed by atoms with van der Waals surface area (Å²) < 4.78 is 4.40. The van der Waals surface area contributed by atoms with Crippen LogP contribution in [0.2, 0.25) is 0 Å². The number of hydrogen-bond donors (Lipinski definition) is 1. The van der Waals surface area contributed by atoms with Gasteiger partial charge in [-0.05, 0) is 12.8 Å². The molecular weight excluding hydrogens is 144 g/mol. The van der Waals surface area contributed by atoms with E-state index in [1.54, 1.807) is 0 Å². The minimum atomic E-state index is -0.576. The van der Waals surface area contributed by atoms with Crippen LogP contribution in [-0.2, 0) is 9.53 Å². The van der Waals surface area contributed by atoms with Crippen LogP contribution in [0.15, 0.2) is 0 Å². The van der Waals surface area contributed by atoms with Crippen LogP contribution in [0.4, 0.5) is 0 Å². The number of methoxy groups -OCH3 is 1. The molecule has 0 aromatic rings. The number of nitriles is 1. The Morgan fingerprint density at radius 2 is 2.45 bits per heavy atom. The molecule has 0 aromatic heterocycles. The SMILES string of the molecule is COC(=O)C(N)CCCC#N. The first-order chi connectivity index (χ1) is 5.22. The predicted octanol–water partition coefficient (Wildman–Crippen LogP) is 0.181. The summed E-state index contributed by atoms with van der Waals surface area (Å²) in [6.45, 7) is 0. The molecule has 0 saturated carbocycles. The first-order valence-electron chi connectivity index (χ1n) is 3.42. The minimum absolute atomic E-state index is 0.414. The Bertz CT molecular complexity index is 162. The number of nitrogens with two attached hydrogens (primary N) is 1. The molecule has 4 heteroatoms. The zero-order chi connectivity index (χ0) is 8.69. The zero-order valence-corrected chi connectivity index (χ0v) is 6.54. The Kier molecular flexibility index (Phi) is 5.13. The van der Waals surface area contributed by atoms with Crippen molar-refractivity contribution in [2.24, 2.45) is 5.73 Å². The van der Waals surface area contributed by atoms with Gasteiger partial charge in [-0.15, -0.1) is 0 Å². The zero-order valence-electron chi connectivity index (χ0n) is 6.54. The summed E-state index contributed by atoms with van der Waals surface area (Å²) in [5, 5.41) is 8.17. The van der Waals surface area contributed by atoms with E-state index < -0.39 is 12.0 Å². The van der Waals surface area contributed by atoms with E-state index in [1.165, 1.54) is 7.11 Å². The van der Waals surface area contributed by atoms with E-state index in [2.05, 4.69) is 4.74 Å². The fourth-order valence-corrected chi connectivity index (χ4v) is 0.670. The molecule has 0 rings (SSSR count). The van der Waals surface area contributed by atoms with E-state index in [1.807, 2.05) is 6.07 Å². The number of ether oxygens (including phenoxy) is 1. The van der Waals surface area contributed by atoms with Gasteiger partial charge in [-0.1, -0.05) is 0 Å². The third kappa shape index (κ3) is 4.34. The van der Waals surface area contributed by atoms with Crippen LogP contribution in [-0.4, -0.2) is 19.1 Å². The van der Waals surface area contributed by atoms with Gasteiger partial charge in [-0.3, -0.25) is 4.79 Å². The van der Waals surface area contributed by atoms with Crippen LogP contribution in [0.1, 0.15) is 19.3 Å². The van der Waals surface area contributed by atoms with Gasteiger partial charge in [0, 0.05) is 6.42 Å². The van der Waals surface area contributed by atoms with E-state index in [9.17, 15) is 4.79 Å². The van der Waals surface area contributed by atoms with Gasteiger partial charge in [0.05, 0.1) is 13.2 Å². The predicted molar refractivity (Wildman–Crippen MR) is 39.5 cm³/mol. The molecule has 0 radical (unpaired) electrons. The first kappa shape index (κ1) is 9.92. The van der Waals surface area contributed by atoms with E-state index in [0.717, 1.165) is 0 Å². The van der Waals surface area contributed by atoms with Crippen molar-refractivity contribution < 1.29 is 9.53 Å². The summed E-state index contributed by atoms with van der Waals surface area (Å²) in [5.74, 6) is -0.414. The van der Waals surface area contributed by atoms with Crippen molar-refractivity contribution in [1.29, 1.82) is 5.26 Å². The van der Waals surface area contributed by atoms with Crippen LogP contribution in [0, 0.1) is 11.3 Å². The van der Waals surface area contributed by atoms with Crippen molar-refractivity contribution in [2.75, 3.05) is 7.11 Å². The lowest BCUT2D eigenvalue weighted by Crippen LogP contribution is -2.31. The van der Waals surface area contributed by atoms with E-state index in [-0.39, 0.29) is 0 Å². The molecule has 0 bridgehead atoms. The fraction of sp³-hybridized carbons (Fsp3) is 0.714. The molecule has 0 saturated heterocycles. The summed E-state index contributed by atoms with van der Waals surface area (Å²) in [6.07, 6.45) is 1.59. The van der Waals surface area contributed by atoms with Crippen LogP contribution >= 0.6 is 0 Å². The molecule has 1 atom stereocenters. The summed E-state index contributed by atoms with van der Waals surface area (Å²) in [6, 6.07) is 1.40. The molecule has 0 aliphatic rings. The third-order valence-electron chi connectivity index (χ3n) is 1.31. The Hall–Kier alpha value is -1.08. The maximum absolute atomic E-state index is 10.7. The molecule has 0 fully saturated rings. The molecule has 0 aliphatic heterocycles. The lowest BCUT2D eigenvalue weighted by molar-refractivity contribution is -0.142. The topological polar surface area (TPSA) is 76.1 Å². The van der Waals surface area contributed by atoms with Gasteiger partial charge in [0.25, 0.3) is 0 Å². The Labute approximate surface area is 65.9 Å². The van der Waals surface area contributed by atoms with Crippen molar-refractivity contribution >= 4 is 5.97 Å². The average Bonchev–Trinajstić information content (AvgIpc) is 2.03. The number of rotatable bonds is 4. The number of unbranched alkanes of at least 4 members (excludes halogenated alkanes) is 1. The molecule has 4 nitrogen and oxygen atoms in total. The van der Waals surface area contributed by atoms with Crippen molar-refractivity contribution in [1.82, 2.24) is 0 Å². The van der Waals surface area contributed by atoms with Crippen molar-refractivity contribution in [3.63, 3.8) is 0 Å². The third-order valence-corrected chi connectivity index (χ3v) is 1.31. The second kappa shape index (κ2) is 5.69. The molecule has 11 heavy (non-hydrogen) atoms. The first-order valence-corrected chi connectivity index (χ1v) is 3.42. The summed E-state index contributed by atoms with van der Waals surface area (Å²) >= 11 is 0. The molecule has 2 N–H and O–H groups in total. The molecule has 0 amide bonds. The quantitative estimate of drug-likeness (QED) is 0.465. The highest BCUT2D eigenvalue weighted by Crippen LogP contribution is 1.98. The molecule has 0 aromatic carbocycles. The van der Waals surface area contributed by atoms with Gasteiger partial charge >= 0.3 is 5.97 Å². The monoisotopic (exact) mass is 156 g/mol. The normalized spacial score (nSPS) is 11.7. The number of nitrogens with zero attached hydrogens (tertiary/aromatic N) is 1. The van der Waals surface area contributed by atoms with E-state index in [4.69, 9.17) is 11.0 Å². The number of esters is 1. The highest BCUT2D eigenvalue weighted by atomic mass is 16.5. The summed E-state index contributed by atoms with van der Waals surface area (Å²) in [5.41, 5.74) is 5.38. The molecule has 62 valence electrons. The Morgan fingerprint density at radius 3 is 2.91 bits per heavy atom. The summed E-state index contributed by atoms with van der Waals surface area (Å²) in [7, 11) is 1.30. The molecule has 0 aliphatic carbocycles. The smallest absolute Gasteiger partial charge is 0.322 e. The van der Waals surface area contributed by atoms with Crippen LogP contribution in [0.25, 0.3) is 0 Å². The Morgan fingerprint density at radius 1 is 1.82 bits per heavy atom. The van der Waals surface area contributed by atoms with Crippen molar-refractivity contribution in [3.05, 3.63) is 0 Å². The number of carbonyl (C=O) groups is 1. The second-order valence-electron chi connectivity index (χ2n) is 2.18. The standard InChI is InChI=1S/C7H12N2O2/c1-11-7(10)6(9)4-2-3-5-8/h6H,2-4,9H2,1H3. The molecule has 1 unspecified atom stereocenters. The highest BCUT2D eigenvalue weighted by Gasteiger charge is 2.11. The number of hydrogen-bond acceptors (Lipinski definition) is 4. The van der Waals surface area contributed by atoms with Crippen LogP contribution in [0.5, 0.6) is 0 Å². The molecule has 0 heterocycles. The van der Waals surface area contributed by atoms with Crippen LogP contribution < -0.4 is 5.73 Å².